The molecule has 1 fully saturated rings. The van der Waals surface area contributed by atoms with Gasteiger partial charge in [0, 0.05) is 31.5 Å². The van der Waals surface area contributed by atoms with Gasteiger partial charge in [0.15, 0.2) is 0 Å². The maximum atomic E-state index is 11.2. The topological polar surface area (TPSA) is 55.1 Å². The first-order valence-electron chi connectivity index (χ1n) is 6.30. The number of carbonyl (C=O) groups is 1. The fraction of sp³-hybridized carbons (Fsp3) is 0.692. The van der Waals surface area contributed by atoms with E-state index < -0.39 is 5.60 Å². The maximum Gasteiger partial charge on any atom is 0.133 e. The Bertz CT molecular complexity index is 413. The summed E-state index contributed by atoms with van der Waals surface area (Å²) in [5.74, 6) is 0.273. The summed E-state index contributed by atoms with van der Waals surface area (Å²) in [7, 11) is 0. The molecule has 2 rings (SSSR count). The molecule has 1 aliphatic rings. The highest BCUT2D eigenvalue weighted by molar-refractivity contribution is 5.79. The number of carbonyl (C=O) groups excluding carboxylic acids is 1. The van der Waals surface area contributed by atoms with E-state index in [1.807, 2.05) is 24.6 Å². The van der Waals surface area contributed by atoms with Crippen LogP contribution in [0.15, 0.2) is 6.07 Å². The average Bonchev–Trinajstić information content (AvgIpc) is 2.63. The lowest BCUT2D eigenvalue weighted by molar-refractivity contribution is -0.125. The molecular formula is C13H20N2O2. The molecule has 4 heteroatoms. The zero-order valence-electron chi connectivity index (χ0n) is 10.6. The summed E-state index contributed by atoms with van der Waals surface area (Å²) in [4.78, 5) is 11.2. The van der Waals surface area contributed by atoms with Gasteiger partial charge in [-0.2, -0.15) is 5.10 Å². The van der Waals surface area contributed by atoms with Crippen LogP contribution in [-0.4, -0.2) is 26.3 Å². The summed E-state index contributed by atoms with van der Waals surface area (Å²) in [6.45, 7) is 4.83. The smallest absolute Gasteiger partial charge is 0.133 e. The second-order valence-electron chi connectivity index (χ2n) is 5.03. The molecule has 0 atom stereocenters. The van der Waals surface area contributed by atoms with Crippen molar-refractivity contribution in [3.8, 4) is 0 Å². The predicted molar refractivity (Wildman–Crippen MR) is 64.8 cm³/mol. The summed E-state index contributed by atoms with van der Waals surface area (Å²) in [5.41, 5.74) is 1.34. The van der Waals surface area contributed by atoms with Gasteiger partial charge in [0.25, 0.3) is 0 Å². The zero-order chi connectivity index (χ0) is 12.5. The van der Waals surface area contributed by atoms with Gasteiger partial charge in [0.2, 0.25) is 0 Å². The van der Waals surface area contributed by atoms with Gasteiger partial charge in [-0.25, -0.2) is 0 Å². The van der Waals surface area contributed by atoms with Crippen LogP contribution in [0.4, 0.5) is 0 Å². The van der Waals surface area contributed by atoms with E-state index in [-0.39, 0.29) is 5.78 Å². The Morgan fingerprint density at radius 3 is 2.71 bits per heavy atom. The Kier molecular flexibility index (Phi) is 3.33. The lowest BCUT2D eigenvalue weighted by atomic mass is 9.81. The molecule has 0 aromatic carbocycles. The van der Waals surface area contributed by atoms with Crippen LogP contribution in [0.5, 0.6) is 0 Å². The largest absolute Gasteiger partial charge is 0.389 e. The summed E-state index contributed by atoms with van der Waals surface area (Å²) in [6, 6.07) is 2.03. The molecule has 1 aromatic heterocycles. The number of rotatable bonds is 3. The van der Waals surface area contributed by atoms with E-state index in [2.05, 4.69) is 5.10 Å². The van der Waals surface area contributed by atoms with Crippen molar-refractivity contribution in [2.75, 3.05) is 0 Å². The predicted octanol–water partition coefficient (Wildman–Crippen LogP) is 1.63. The van der Waals surface area contributed by atoms with E-state index >= 15 is 0 Å². The molecule has 0 spiro atoms. The molecule has 0 unspecified atom stereocenters. The van der Waals surface area contributed by atoms with Crippen molar-refractivity contribution in [2.24, 2.45) is 0 Å². The normalized spacial score (nSPS) is 19.6. The third-order valence-corrected chi connectivity index (χ3v) is 3.53. The van der Waals surface area contributed by atoms with Crippen LogP contribution in [0, 0.1) is 6.92 Å². The Balaban J connectivity index is 2.11. The fourth-order valence-electron chi connectivity index (χ4n) is 2.52. The number of aliphatic hydroxyl groups is 1. The SMILES string of the molecule is CCn1nc(C)cc1CC1(O)CCC(=O)CC1. The quantitative estimate of drug-likeness (QED) is 0.867. The summed E-state index contributed by atoms with van der Waals surface area (Å²) in [5, 5.41) is 14.9. The van der Waals surface area contributed by atoms with Crippen molar-refractivity contribution in [3.05, 3.63) is 17.5 Å². The lowest BCUT2D eigenvalue weighted by Gasteiger charge is -2.31. The first-order valence-corrected chi connectivity index (χ1v) is 6.30. The van der Waals surface area contributed by atoms with Crippen molar-refractivity contribution in [3.63, 3.8) is 0 Å². The van der Waals surface area contributed by atoms with E-state index in [1.54, 1.807) is 0 Å². The molecule has 0 radical (unpaired) electrons. The number of aromatic nitrogens is 2. The first kappa shape index (κ1) is 12.3. The Morgan fingerprint density at radius 2 is 2.12 bits per heavy atom. The van der Waals surface area contributed by atoms with Crippen LogP contribution < -0.4 is 0 Å². The summed E-state index contributed by atoms with van der Waals surface area (Å²) < 4.78 is 1.93. The molecule has 1 aliphatic carbocycles. The van der Waals surface area contributed by atoms with Crippen molar-refractivity contribution < 1.29 is 9.90 Å². The van der Waals surface area contributed by atoms with Crippen LogP contribution in [0.25, 0.3) is 0 Å². The van der Waals surface area contributed by atoms with Gasteiger partial charge in [0.05, 0.1) is 11.3 Å². The number of ketones is 1. The molecule has 0 bridgehead atoms. The number of Topliss-reactive ketones (excluding diaryl/α,β-unsaturated/α-hetero) is 1. The fourth-order valence-corrected chi connectivity index (χ4v) is 2.52. The number of hydrogen-bond donors (Lipinski definition) is 1. The highest BCUT2D eigenvalue weighted by atomic mass is 16.3. The minimum atomic E-state index is -0.715. The molecule has 4 nitrogen and oxygen atoms in total. The Morgan fingerprint density at radius 1 is 1.47 bits per heavy atom. The molecule has 0 saturated heterocycles. The van der Waals surface area contributed by atoms with Gasteiger partial charge in [-0.15, -0.1) is 0 Å². The van der Waals surface area contributed by atoms with Gasteiger partial charge < -0.3 is 5.11 Å². The number of aryl methyl sites for hydroxylation is 2. The molecule has 1 N–H and O–H groups in total. The van der Waals surface area contributed by atoms with Gasteiger partial charge in [-0.1, -0.05) is 0 Å². The number of hydrogen-bond acceptors (Lipinski definition) is 3. The van der Waals surface area contributed by atoms with Crippen LogP contribution in [0.3, 0.4) is 0 Å². The molecule has 0 amide bonds. The molecule has 1 aromatic rings. The highest BCUT2D eigenvalue weighted by Crippen LogP contribution is 2.29. The first-order chi connectivity index (χ1) is 8.02. The number of nitrogens with zero attached hydrogens (tertiary/aromatic N) is 2. The molecule has 94 valence electrons. The molecular weight excluding hydrogens is 216 g/mol. The van der Waals surface area contributed by atoms with Crippen molar-refractivity contribution >= 4 is 5.78 Å². The van der Waals surface area contributed by atoms with Gasteiger partial charge >= 0.3 is 0 Å². The van der Waals surface area contributed by atoms with E-state index in [9.17, 15) is 9.90 Å². The van der Waals surface area contributed by atoms with Crippen LogP contribution >= 0.6 is 0 Å². The summed E-state index contributed by atoms with van der Waals surface area (Å²) >= 11 is 0. The van der Waals surface area contributed by atoms with E-state index in [0.717, 1.165) is 17.9 Å². The molecule has 1 heterocycles. The zero-order valence-corrected chi connectivity index (χ0v) is 10.6. The second-order valence-corrected chi connectivity index (χ2v) is 5.03. The van der Waals surface area contributed by atoms with Crippen molar-refractivity contribution in [2.45, 2.75) is 58.1 Å². The van der Waals surface area contributed by atoms with E-state index in [1.165, 1.54) is 0 Å². The summed E-state index contributed by atoms with van der Waals surface area (Å²) in [6.07, 6.45) is 2.79. The average molecular weight is 236 g/mol. The van der Waals surface area contributed by atoms with Gasteiger partial charge in [-0.3, -0.25) is 9.48 Å². The monoisotopic (exact) mass is 236 g/mol. The Hall–Kier alpha value is -1.16. The second kappa shape index (κ2) is 4.61. The van der Waals surface area contributed by atoms with E-state index in [0.29, 0.717) is 32.1 Å². The third-order valence-electron chi connectivity index (χ3n) is 3.53. The molecule has 1 saturated carbocycles. The van der Waals surface area contributed by atoms with Crippen LogP contribution in [-0.2, 0) is 17.8 Å². The minimum absolute atomic E-state index is 0.273. The lowest BCUT2D eigenvalue weighted by Crippen LogP contribution is -2.37. The van der Waals surface area contributed by atoms with Crippen LogP contribution in [0.1, 0.15) is 44.0 Å². The maximum absolute atomic E-state index is 11.2. The van der Waals surface area contributed by atoms with Gasteiger partial charge in [0.1, 0.15) is 5.78 Å². The highest BCUT2D eigenvalue weighted by Gasteiger charge is 2.33. The van der Waals surface area contributed by atoms with Crippen molar-refractivity contribution in [1.82, 2.24) is 9.78 Å². The molecule has 0 aliphatic heterocycles. The van der Waals surface area contributed by atoms with Crippen molar-refractivity contribution in [1.29, 1.82) is 0 Å². The van der Waals surface area contributed by atoms with E-state index in [4.69, 9.17) is 0 Å². The minimum Gasteiger partial charge on any atom is -0.389 e. The molecule has 17 heavy (non-hydrogen) atoms. The Labute approximate surface area is 102 Å². The third kappa shape index (κ3) is 2.75. The van der Waals surface area contributed by atoms with Crippen LogP contribution in [0.2, 0.25) is 0 Å². The van der Waals surface area contributed by atoms with Gasteiger partial charge in [-0.05, 0) is 32.8 Å². The standard InChI is InChI=1S/C13H20N2O2/c1-3-15-11(8-10(2)14-15)9-13(17)6-4-12(16)5-7-13/h8,17H,3-7,9H2,1-2H3.